The molecule has 3 N–H and O–H groups in total. The molecular weight excluding hydrogens is 324 g/mol. The van der Waals surface area contributed by atoms with Crippen LogP contribution in [0.25, 0.3) is 0 Å². The Morgan fingerprint density at radius 1 is 1.04 bits per heavy atom. The Morgan fingerprint density at radius 3 is 2.25 bits per heavy atom. The number of thioether (sulfide) groups is 1. The molecule has 0 aliphatic rings. The second kappa shape index (κ2) is 8.52. The Morgan fingerprint density at radius 2 is 1.67 bits per heavy atom. The van der Waals surface area contributed by atoms with Gasteiger partial charge in [0.15, 0.2) is 0 Å². The van der Waals surface area contributed by atoms with Gasteiger partial charge >= 0.3 is 11.8 Å². The standard InChI is InChI=1S/C18H20N2O3S/c1-12-3-7-14(8-4-12)20-18(23)17(22)19-11-16(21)13-5-9-15(24-2)10-6-13/h3-10,16,21H,11H2,1-2H3,(H,19,22)(H,20,23). The molecule has 0 spiro atoms. The summed E-state index contributed by atoms with van der Waals surface area (Å²) in [5, 5.41) is 15.0. The first-order valence-corrected chi connectivity index (χ1v) is 8.70. The van der Waals surface area contributed by atoms with E-state index in [0.717, 1.165) is 10.5 Å². The van der Waals surface area contributed by atoms with Crippen molar-refractivity contribution < 1.29 is 14.7 Å². The van der Waals surface area contributed by atoms with Crippen LogP contribution in [0.4, 0.5) is 5.69 Å². The Kier molecular flexibility index (Phi) is 6.40. The molecule has 2 aromatic carbocycles. The van der Waals surface area contributed by atoms with E-state index in [9.17, 15) is 14.7 Å². The first-order chi connectivity index (χ1) is 11.5. The predicted molar refractivity (Wildman–Crippen MR) is 96.0 cm³/mol. The summed E-state index contributed by atoms with van der Waals surface area (Å²) in [6.45, 7) is 1.91. The van der Waals surface area contributed by atoms with Gasteiger partial charge in [0.25, 0.3) is 0 Å². The maximum absolute atomic E-state index is 11.8. The van der Waals surface area contributed by atoms with Gasteiger partial charge in [0.05, 0.1) is 6.10 Å². The summed E-state index contributed by atoms with van der Waals surface area (Å²) in [6, 6.07) is 14.5. The van der Waals surface area contributed by atoms with Crippen molar-refractivity contribution in [2.24, 2.45) is 0 Å². The topological polar surface area (TPSA) is 78.4 Å². The van der Waals surface area contributed by atoms with Gasteiger partial charge in [0, 0.05) is 17.1 Å². The summed E-state index contributed by atoms with van der Waals surface area (Å²) in [7, 11) is 0. The zero-order valence-electron chi connectivity index (χ0n) is 13.6. The molecule has 1 atom stereocenters. The molecule has 6 heteroatoms. The van der Waals surface area contributed by atoms with Gasteiger partial charge in [-0.25, -0.2) is 0 Å². The van der Waals surface area contributed by atoms with E-state index in [2.05, 4.69) is 10.6 Å². The van der Waals surface area contributed by atoms with Crippen molar-refractivity contribution in [3.8, 4) is 0 Å². The van der Waals surface area contributed by atoms with E-state index in [-0.39, 0.29) is 6.54 Å². The third-order valence-electron chi connectivity index (χ3n) is 3.47. The molecule has 2 rings (SSSR count). The number of carbonyl (C=O) groups is 2. The maximum atomic E-state index is 11.8. The zero-order chi connectivity index (χ0) is 17.5. The molecular formula is C18H20N2O3S. The normalized spacial score (nSPS) is 11.6. The quantitative estimate of drug-likeness (QED) is 0.575. The number of hydrogen-bond donors (Lipinski definition) is 3. The smallest absolute Gasteiger partial charge is 0.313 e. The Bertz CT molecular complexity index is 699. The number of hydrogen-bond acceptors (Lipinski definition) is 4. The van der Waals surface area contributed by atoms with Gasteiger partial charge in [-0.3, -0.25) is 9.59 Å². The average molecular weight is 344 g/mol. The van der Waals surface area contributed by atoms with Gasteiger partial charge in [-0.2, -0.15) is 0 Å². The number of aliphatic hydroxyl groups is 1. The van der Waals surface area contributed by atoms with Crippen LogP contribution < -0.4 is 10.6 Å². The highest BCUT2D eigenvalue weighted by Crippen LogP contribution is 2.18. The molecule has 5 nitrogen and oxygen atoms in total. The van der Waals surface area contributed by atoms with Crippen LogP contribution in [-0.4, -0.2) is 29.7 Å². The lowest BCUT2D eigenvalue weighted by molar-refractivity contribution is -0.136. The van der Waals surface area contributed by atoms with E-state index in [0.29, 0.717) is 11.3 Å². The summed E-state index contributed by atoms with van der Waals surface area (Å²) >= 11 is 1.61. The van der Waals surface area contributed by atoms with E-state index in [1.807, 2.05) is 37.4 Å². The molecule has 0 saturated carbocycles. The summed E-state index contributed by atoms with van der Waals surface area (Å²) in [5.41, 5.74) is 2.30. The number of aryl methyl sites for hydroxylation is 1. The monoisotopic (exact) mass is 344 g/mol. The van der Waals surface area contributed by atoms with E-state index in [1.165, 1.54) is 0 Å². The second-order valence-corrected chi connectivity index (χ2v) is 6.20. The van der Waals surface area contributed by atoms with Crippen LogP contribution in [0.2, 0.25) is 0 Å². The summed E-state index contributed by atoms with van der Waals surface area (Å²) in [4.78, 5) is 24.7. The zero-order valence-corrected chi connectivity index (χ0v) is 14.4. The summed E-state index contributed by atoms with van der Waals surface area (Å²) in [5.74, 6) is -1.54. The highest BCUT2D eigenvalue weighted by atomic mass is 32.2. The van der Waals surface area contributed by atoms with Crippen LogP contribution in [0.5, 0.6) is 0 Å². The van der Waals surface area contributed by atoms with Gasteiger partial charge in [-0.1, -0.05) is 29.8 Å². The second-order valence-electron chi connectivity index (χ2n) is 5.32. The van der Waals surface area contributed by atoms with Gasteiger partial charge < -0.3 is 15.7 Å². The van der Waals surface area contributed by atoms with Gasteiger partial charge in [0.2, 0.25) is 0 Å². The average Bonchev–Trinajstić information content (AvgIpc) is 2.61. The minimum absolute atomic E-state index is 0.0290. The Balaban J connectivity index is 1.84. The predicted octanol–water partition coefficient (Wildman–Crippen LogP) is 2.51. The molecule has 24 heavy (non-hydrogen) atoms. The molecule has 0 fully saturated rings. The molecule has 0 bridgehead atoms. The minimum atomic E-state index is -0.864. The van der Waals surface area contributed by atoms with Gasteiger partial charge in [-0.15, -0.1) is 11.8 Å². The number of aliphatic hydroxyl groups excluding tert-OH is 1. The molecule has 0 heterocycles. The SMILES string of the molecule is CSc1ccc(C(O)CNC(=O)C(=O)Nc2ccc(C)cc2)cc1. The number of carbonyl (C=O) groups excluding carboxylic acids is 2. The molecule has 0 saturated heterocycles. The fourth-order valence-electron chi connectivity index (χ4n) is 2.04. The first-order valence-electron chi connectivity index (χ1n) is 7.47. The van der Waals surface area contributed by atoms with Crippen molar-refractivity contribution in [3.05, 3.63) is 59.7 Å². The van der Waals surface area contributed by atoms with Gasteiger partial charge in [0.1, 0.15) is 0 Å². The molecule has 126 valence electrons. The fraction of sp³-hybridized carbons (Fsp3) is 0.222. The third kappa shape index (κ3) is 5.11. The van der Waals surface area contributed by atoms with Crippen molar-refractivity contribution in [1.29, 1.82) is 0 Å². The molecule has 0 radical (unpaired) electrons. The molecule has 0 aromatic heterocycles. The minimum Gasteiger partial charge on any atom is -0.387 e. The van der Waals surface area contributed by atoms with Crippen molar-refractivity contribution in [2.75, 3.05) is 18.1 Å². The van der Waals surface area contributed by atoms with Crippen molar-refractivity contribution >= 4 is 29.3 Å². The summed E-state index contributed by atoms with van der Waals surface area (Å²) < 4.78 is 0. The first kappa shape index (κ1) is 18.0. The van der Waals surface area contributed by atoms with Crippen LogP contribution in [0.1, 0.15) is 17.2 Å². The van der Waals surface area contributed by atoms with Crippen molar-refractivity contribution in [1.82, 2.24) is 5.32 Å². The number of anilines is 1. The van der Waals surface area contributed by atoms with Crippen LogP contribution in [-0.2, 0) is 9.59 Å². The molecule has 1 unspecified atom stereocenters. The molecule has 0 aliphatic carbocycles. The Labute approximate surface area is 145 Å². The highest BCUT2D eigenvalue weighted by Gasteiger charge is 2.16. The van der Waals surface area contributed by atoms with Crippen molar-refractivity contribution in [3.63, 3.8) is 0 Å². The van der Waals surface area contributed by atoms with Crippen LogP contribution in [0.15, 0.2) is 53.4 Å². The molecule has 2 aromatic rings. The lowest BCUT2D eigenvalue weighted by Gasteiger charge is -2.12. The summed E-state index contributed by atoms with van der Waals surface area (Å²) in [6.07, 6.45) is 1.11. The maximum Gasteiger partial charge on any atom is 0.313 e. The largest absolute Gasteiger partial charge is 0.387 e. The van der Waals surface area contributed by atoms with Crippen LogP contribution >= 0.6 is 11.8 Å². The van der Waals surface area contributed by atoms with Crippen molar-refractivity contribution in [2.45, 2.75) is 17.9 Å². The van der Waals surface area contributed by atoms with E-state index >= 15 is 0 Å². The van der Waals surface area contributed by atoms with E-state index < -0.39 is 17.9 Å². The lowest BCUT2D eigenvalue weighted by Crippen LogP contribution is -2.37. The molecule has 2 amide bonds. The number of benzene rings is 2. The van der Waals surface area contributed by atoms with Crippen LogP contribution in [0.3, 0.4) is 0 Å². The number of amides is 2. The fourth-order valence-corrected chi connectivity index (χ4v) is 2.45. The van der Waals surface area contributed by atoms with E-state index in [1.54, 1.807) is 36.0 Å². The number of nitrogens with one attached hydrogen (secondary N) is 2. The number of rotatable bonds is 5. The third-order valence-corrected chi connectivity index (χ3v) is 4.22. The molecule has 0 aliphatic heterocycles. The highest BCUT2D eigenvalue weighted by molar-refractivity contribution is 7.98. The van der Waals surface area contributed by atoms with Gasteiger partial charge in [-0.05, 0) is 43.0 Å². The Hall–Kier alpha value is -2.31. The van der Waals surface area contributed by atoms with Crippen LogP contribution in [0, 0.1) is 6.92 Å². The lowest BCUT2D eigenvalue weighted by atomic mass is 10.1. The van der Waals surface area contributed by atoms with E-state index in [4.69, 9.17) is 0 Å².